The van der Waals surface area contributed by atoms with Crippen LogP contribution in [0, 0.1) is 0 Å². The molecule has 1 rings (SSSR count). The molecule has 0 aliphatic rings. The summed E-state index contributed by atoms with van der Waals surface area (Å²) >= 11 is 0. The third kappa shape index (κ3) is 35.2. The molecule has 61 heavy (non-hydrogen) atoms. The smallest absolute Gasteiger partial charge is 0.462 e. The Bertz CT molecular complexity index is 1360. The number of hydrogen-bond acceptors (Lipinski definition) is 8. The summed E-state index contributed by atoms with van der Waals surface area (Å²) in [5.74, 6) is -1.28. The summed E-state index contributed by atoms with van der Waals surface area (Å²) in [6.07, 6.45) is 40.2. The largest absolute Gasteiger partial charge is 0.472 e. The minimum absolute atomic E-state index is 0.0434. The van der Waals surface area contributed by atoms with Gasteiger partial charge in [-0.3, -0.25) is 23.4 Å². The number of allylic oxidation sites excluding steroid dienone is 4. The Morgan fingerprint density at radius 1 is 0.623 bits per heavy atom. The van der Waals surface area contributed by atoms with Crippen molar-refractivity contribution in [3.8, 4) is 0 Å². The Kier molecular flexibility index (Phi) is 36.5. The summed E-state index contributed by atoms with van der Waals surface area (Å²) < 4.78 is 33.8. The number of benzene rings is 1. The highest BCUT2D eigenvalue weighted by atomic mass is 31.2. The van der Waals surface area contributed by atoms with E-state index in [1.807, 2.05) is 0 Å². The number of phosphoric ester groups is 1. The molecular formula is C50H84NO9P. The second-order valence-corrected chi connectivity index (χ2v) is 17.6. The fraction of sp³-hybridized carbons (Fsp3) is 0.700. The van der Waals surface area contributed by atoms with E-state index in [1.54, 1.807) is 30.3 Å². The van der Waals surface area contributed by atoms with E-state index in [-0.39, 0.29) is 38.5 Å². The molecule has 0 aliphatic carbocycles. The van der Waals surface area contributed by atoms with Crippen molar-refractivity contribution in [2.75, 3.05) is 26.4 Å². The minimum atomic E-state index is -4.58. The average molecular weight is 874 g/mol. The lowest BCUT2D eigenvalue weighted by atomic mass is 10.1. The van der Waals surface area contributed by atoms with Gasteiger partial charge in [-0.05, 0) is 81.9 Å². The maximum atomic E-state index is 12.8. The van der Waals surface area contributed by atoms with Gasteiger partial charge in [0.1, 0.15) is 6.61 Å². The van der Waals surface area contributed by atoms with Gasteiger partial charge in [-0.2, -0.15) is 0 Å². The highest BCUT2D eigenvalue weighted by Gasteiger charge is 2.26. The maximum absolute atomic E-state index is 12.8. The standard InChI is InChI=1S/C50H84NO9P/c1-4-7-9-11-13-15-17-19-21-23-25-27-29-31-33-35-48(52)57-43-47(44-59-61(55,56)58-42-41-51-50(54)46-39-37-45(6-3)38-40-46)60-49(53)36-34-32-30-28-26-24-22-20-18-16-14-12-10-8-5-2/h6,19-22,37-40,47H,3-5,7-18,23-36,41-44H2,1-2H3,(H,51,54)(H,55,56)/b21-19-,22-20-/t47-/m0/s1. The minimum Gasteiger partial charge on any atom is -0.462 e. The van der Waals surface area contributed by atoms with Crippen LogP contribution >= 0.6 is 7.82 Å². The van der Waals surface area contributed by atoms with Crippen LogP contribution in [0.3, 0.4) is 0 Å². The van der Waals surface area contributed by atoms with E-state index >= 15 is 0 Å². The maximum Gasteiger partial charge on any atom is 0.472 e. The predicted octanol–water partition coefficient (Wildman–Crippen LogP) is 13.7. The number of amides is 1. The number of hydrogen-bond donors (Lipinski definition) is 2. The lowest BCUT2D eigenvalue weighted by Crippen LogP contribution is -2.30. The predicted molar refractivity (Wildman–Crippen MR) is 250 cm³/mol. The monoisotopic (exact) mass is 874 g/mol. The molecule has 0 aromatic heterocycles. The molecule has 10 nitrogen and oxygen atoms in total. The first-order chi connectivity index (χ1) is 29.7. The molecule has 2 N–H and O–H groups in total. The Hall–Kier alpha value is -3.04. The highest BCUT2D eigenvalue weighted by Crippen LogP contribution is 2.43. The van der Waals surface area contributed by atoms with Crippen LogP contribution in [0.2, 0.25) is 0 Å². The van der Waals surface area contributed by atoms with Crippen LogP contribution < -0.4 is 5.32 Å². The fourth-order valence-corrected chi connectivity index (χ4v) is 7.46. The molecular weight excluding hydrogens is 790 g/mol. The third-order valence-corrected chi connectivity index (χ3v) is 11.5. The number of ether oxygens (including phenoxy) is 2. The molecule has 1 aromatic carbocycles. The molecule has 0 bridgehead atoms. The number of carbonyl (C=O) groups is 3. The van der Waals surface area contributed by atoms with Gasteiger partial charge < -0.3 is 19.7 Å². The van der Waals surface area contributed by atoms with Gasteiger partial charge in [0.05, 0.1) is 13.2 Å². The summed E-state index contributed by atoms with van der Waals surface area (Å²) in [6.45, 7) is 7.03. The number of unbranched alkanes of at least 4 members (excludes halogenated alkanes) is 22. The Morgan fingerprint density at radius 2 is 1.07 bits per heavy atom. The highest BCUT2D eigenvalue weighted by molar-refractivity contribution is 7.47. The van der Waals surface area contributed by atoms with E-state index in [1.165, 1.54) is 83.5 Å². The van der Waals surface area contributed by atoms with Crippen LogP contribution in [0.5, 0.6) is 0 Å². The van der Waals surface area contributed by atoms with Gasteiger partial charge >= 0.3 is 19.8 Å². The lowest BCUT2D eigenvalue weighted by molar-refractivity contribution is -0.161. The second kappa shape index (κ2) is 39.8. The van der Waals surface area contributed by atoms with Gasteiger partial charge in [-0.1, -0.05) is 166 Å². The van der Waals surface area contributed by atoms with Crippen molar-refractivity contribution in [1.29, 1.82) is 0 Å². The van der Waals surface area contributed by atoms with Crippen LogP contribution in [-0.4, -0.2) is 55.2 Å². The Balaban J connectivity index is 2.42. The zero-order chi connectivity index (χ0) is 44.5. The van der Waals surface area contributed by atoms with E-state index in [9.17, 15) is 23.8 Å². The third-order valence-electron chi connectivity index (χ3n) is 10.5. The lowest BCUT2D eigenvalue weighted by Gasteiger charge is -2.20. The van der Waals surface area contributed by atoms with Gasteiger partial charge in [-0.25, -0.2) is 4.57 Å². The summed E-state index contributed by atoms with van der Waals surface area (Å²) in [6, 6.07) is 6.81. The molecule has 0 heterocycles. The summed E-state index contributed by atoms with van der Waals surface area (Å²) in [7, 11) is -4.58. The first-order valence-electron chi connectivity index (χ1n) is 24.0. The van der Waals surface area contributed by atoms with E-state index in [0.29, 0.717) is 18.4 Å². The molecule has 1 amide bonds. The molecule has 0 saturated carbocycles. The van der Waals surface area contributed by atoms with Crippen molar-refractivity contribution < 1.29 is 42.4 Å². The Morgan fingerprint density at radius 3 is 1.54 bits per heavy atom. The quantitative estimate of drug-likeness (QED) is 0.0285. The number of rotatable bonds is 42. The van der Waals surface area contributed by atoms with Crippen molar-refractivity contribution in [3.63, 3.8) is 0 Å². The van der Waals surface area contributed by atoms with E-state index in [0.717, 1.165) is 76.2 Å². The van der Waals surface area contributed by atoms with Crippen LogP contribution in [0.25, 0.3) is 6.08 Å². The van der Waals surface area contributed by atoms with E-state index in [4.69, 9.17) is 18.5 Å². The van der Waals surface area contributed by atoms with E-state index < -0.39 is 32.5 Å². The number of carbonyl (C=O) groups excluding carboxylic acids is 3. The summed E-state index contributed by atoms with van der Waals surface area (Å²) in [5.41, 5.74) is 1.30. The molecule has 0 radical (unpaired) electrons. The molecule has 0 saturated heterocycles. The van der Waals surface area contributed by atoms with Crippen molar-refractivity contribution in [2.24, 2.45) is 0 Å². The van der Waals surface area contributed by atoms with Crippen LogP contribution in [-0.2, 0) is 32.7 Å². The van der Waals surface area contributed by atoms with Gasteiger partial charge in [-0.15, -0.1) is 0 Å². The SMILES string of the molecule is C=Cc1ccc(C(=O)NCCOP(=O)(O)OC[C@H](COC(=O)CCCCCCC/C=C\CCCCCCCC)OC(=O)CCCCCCC/C=C\CCCCCCCC)cc1. The zero-order valence-corrected chi connectivity index (χ0v) is 39.2. The molecule has 1 aromatic rings. The first kappa shape index (κ1) is 56.0. The van der Waals surface area contributed by atoms with Crippen LogP contribution in [0.4, 0.5) is 0 Å². The Labute approximate surface area is 370 Å². The van der Waals surface area contributed by atoms with Gasteiger partial charge in [0.25, 0.3) is 5.91 Å². The first-order valence-corrected chi connectivity index (χ1v) is 25.5. The molecule has 2 atom stereocenters. The van der Waals surface area contributed by atoms with Crippen molar-refractivity contribution in [3.05, 3.63) is 66.3 Å². The van der Waals surface area contributed by atoms with Gasteiger partial charge in [0.2, 0.25) is 0 Å². The molecule has 0 fully saturated rings. The van der Waals surface area contributed by atoms with Crippen LogP contribution in [0.15, 0.2) is 55.1 Å². The van der Waals surface area contributed by atoms with Gasteiger partial charge in [0.15, 0.2) is 6.10 Å². The molecule has 348 valence electrons. The molecule has 1 unspecified atom stereocenters. The summed E-state index contributed by atoms with van der Waals surface area (Å²) in [5, 5.41) is 2.62. The number of esters is 2. The molecule has 0 aliphatic heterocycles. The van der Waals surface area contributed by atoms with Crippen molar-refractivity contribution in [1.82, 2.24) is 5.32 Å². The number of phosphoric acid groups is 1. The zero-order valence-electron chi connectivity index (χ0n) is 38.3. The normalized spacial score (nSPS) is 13.0. The van der Waals surface area contributed by atoms with Crippen molar-refractivity contribution >= 4 is 31.7 Å². The fourth-order valence-electron chi connectivity index (χ4n) is 6.71. The summed E-state index contributed by atoms with van der Waals surface area (Å²) in [4.78, 5) is 48.0. The topological polar surface area (TPSA) is 137 Å². The number of nitrogens with one attached hydrogen (secondary N) is 1. The average Bonchev–Trinajstić information content (AvgIpc) is 3.26. The van der Waals surface area contributed by atoms with Crippen molar-refractivity contribution in [2.45, 2.75) is 200 Å². The van der Waals surface area contributed by atoms with Gasteiger partial charge in [0, 0.05) is 24.9 Å². The second-order valence-electron chi connectivity index (χ2n) is 16.1. The van der Waals surface area contributed by atoms with Crippen LogP contribution in [0.1, 0.15) is 210 Å². The molecule has 0 spiro atoms. The molecule has 11 heteroatoms. The van der Waals surface area contributed by atoms with E-state index in [2.05, 4.69) is 50.0 Å².